The molecule has 40 heavy (non-hydrogen) atoms. The van der Waals surface area contributed by atoms with E-state index in [0.29, 0.717) is 5.11 Å². The number of aromatic nitrogens is 2. The van der Waals surface area contributed by atoms with Crippen molar-refractivity contribution >= 4 is 23.0 Å². The van der Waals surface area contributed by atoms with Crippen LogP contribution < -0.4 is 19.7 Å². The zero-order chi connectivity index (χ0) is 27.6. The van der Waals surface area contributed by atoms with Crippen LogP contribution in [0.2, 0.25) is 0 Å². The molecule has 1 N–H and O–H groups in total. The summed E-state index contributed by atoms with van der Waals surface area (Å²) in [5.41, 5.74) is 6.27. The van der Waals surface area contributed by atoms with Gasteiger partial charge in [-0.05, 0) is 110 Å². The first-order chi connectivity index (χ1) is 19.5. The fraction of sp³-hybridized carbons (Fsp3) is 0.152. The van der Waals surface area contributed by atoms with Crippen molar-refractivity contribution < 1.29 is 9.47 Å². The summed E-state index contributed by atoms with van der Waals surface area (Å²) in [6, 6.07) is 34.2. The highest BCUT2D eigenvalue weighted by Crippen LogP contribution is 2.43. The minimum absolute atomic E-state index is 0.150. The maximum atomic E-state index is 6.16. The molecular formula is C33H30N4O2S. The van der Waals surface area contributed by atoms with Gasteiger partial charge in [-0.25, -0.2) is 0 Å². The molecule has 0 bridgehead atoms. The van der Waals surface area contributed by atoms with E-state index in [9.17, 15) is 0 Å². The second-order valence-electron chi connectivity index (χ2n) is 9.79. The lowest BCUT2D eigenvalue weighted by molar-refractivity contribution is 0.414. The van der Waals surface area contributed by atoms with Crippen LogP contribution in [0.3, 0.4) is 0 Å². The topological polar surface area (TPSA) is 51.5 Å². The van der Waals surface area contributed by atoms with Gasteiger partial charge in [0.15, 0.2) is 5.11 Å². The van der Waals surface area contributed by atoms with E-state index >= 15 is 0 Å². The van der Waals surface area contributed by atoms with Gasteiger partial charge in [0.1, 0.15) is 23.3 Å². The van der Waals surface area contributed by atoms with Gasteiger partial charge in [0.2, 0.25) is 0 Å². The van der Waals surface area contributed by atoms with Crippen LogP contribution >= 0.6 is 12.2 Å². The Morgan fingerprint density at radius 1 is 0.775 bits per heavy atom. The molecule has 2 atom stereocenters. The first-order valence-electron chi connectivity index (χ1n) is 13.2. The summed E-state index contributed by atoms with van der Waals surface area (Å²) < 4.78 is 13.8. The standard InChI is InChI=1S/C33H30N4O2S/c1-22-8-4-5-10-30(22)39-27-18-14-25(15-19-27)37-32(31(35-33(37)40)28-9-6-7-21-34-28)29-20-11-23(2)36(29)24-12-16-26(38-3)17-13-24/h4-21,31-32H,1-3H3,(H,35,40)/t31-,32+/m1/s1. The normalized spacial score (nSPS) is 16.6. The van der Waals surface area contributed by atoms with Crippen molar-refractivity contribution in [3.63, 3.8) is 0 Å². The highest BCUT2D eigenvalue weighted by molar-refractivity contribution is 7.80. The predicted octanol–water partition coefficient (Wildman–Crippen LogP) is 7.47. The maximum absolute atomic E-state index is 6.16. The van der Waals surface area contributed by atoms with Crippen molar-refractivity contribution in [3.05, 3.63) is 132 Å². The molecule has 1 aliphatic heterocycles. The molecule has 0 unspecified atom stereocenters. The average molecular weight is 547 g/mol. The van der Waals surface area contributed by atoms with Crippen LogP contribution in [0.5, 0.6) is 17.2 Å². The number of pyridine rings is 1. The van der Waals surface area contributed by atoms with Crippen LogP contribution in [-0.4, -0.2) is 21.8 Å². The van der Waals surface area contributed by atoms with Crippen molar-refractivity contribution in [1.82, 2.24) is 14.9 Å². The number of ether oxygens (including phenoxy) is 2. The highest BCUT2D eigenvalue weighted by atomic mass is 32.1. The van der Waals surface area contributed by atoms with E-state index in [1.54, 1.807) is 7.11 Å². The molecule has 200 valence electrons. The highest BCUT2D eigenvalue weighted by Gasteiger charge is 2.42. The molecule has 5 aromatic rings. The molecule has 6 nitrogen and oxygen atoms in total. The van der Waals surface area contributed by atoms with E-state index in [-0.39, 0.29) is 12.1 Å². The van der Waals surface area contributed by atoms with Crippen LogP contribution in [0.1, 0.15) is 34.7 Å². The Morgan fingerprint density at radius 3 is 2.17 bits per heavy atom. The first-order valence-corrected chi connectivity index (χ1v) is 13.6. The predicted molar refractivity (Wildman–Crippen MR) is 163 cm³/mol. The number of anilines is 1. The number of aryl methyl sites for hydroxylation is 2. The largest absolute Gasteiger partial charge is 0.497 e. The molecule has 0 spiro atoms. The Labute approximate surface area is 239 Å². The zero-order valence-electron chi connectivity index (χ0n) is 22.6. The minimum atomic E-state index is -0.152. The van der Waals surface area contributed by atoms with Gasteiger partial charge < -0.3 is 24.3 Å². The van der Waals surface area contributed by atoms with Crippen LogP contribution in [0.15, 0.2) is 109 Å². The third-order valence-corrected chi connectivity index (χ3v) is 7.59. The van der Waals surface area contributed by atoms with Gasteiger partial charge in [-0.15, -0.1) is 0 Å². The van der Waals surface area contributed by atoms with Gasteiger partial charge >= 0.3 is 0 Å². The molecule has 0 saturated carbocycles. The average Bonchev–Trinajstić information content (AvgIpc) is 3.54. The lowest BCUT2D eigenvalue weighted by Gasteiger charge is -2.29. The number of hydrogen-bond acceptors (Lipinski definition) is 4. The van der Waals surface area contributed by atoms with Gasteiger partial charge in [-0.2, -0.15) is 0 Å². The number of para-hydroxylation sites is 1. The SMILES string of the molecule is COc1ccc(-n2c(C)ccc2[C@H]2[C@@H](c3ccccn3)NC(=S)N2c2ccc(Oc3ccccc3C)cc2)cc1. The van der Waals surface area contributed by atoms with E-state index < -0.39 is 0 Å². The Morgan fingerprint density at radius 2 is 1.48 bits per heavy atom. The van der Waals surface area contributed by atoms with Crippen LogP contribution in [0, 0.1) is 13.8 Å². The number of rotatable bonds is 7. The van der Waals surface area contributed by atoms with Gasteiger partial charge in [0, 0.05) is 29.0 Å². The lowest BCUT2D eigenvalue weighted by Crippen LogP contribution is -2.30. The van der Waals surface area contributed by atoms with E-state index in [2.05, 4.69) is 58.1 Å². The summed E-state index contributed by atoms with van der Waals surface area (Å²) in [5.74, 6) is 2.43. The quantitative estimate of drug-likeness (QED) is 0.214. The molecule has 1 fully saturated rings. The van der Waals surface area contributed by atoms with Crippen molar-refractivity contribution in [3.8, 4) is 22.9 Å². The van der Waals surface area contributed by atoms with Crippen LogP contribution in [0.25, 0.3) is 5.69 Å². The lowest BCUT2D eigenvalue weighted by atomic mass is 10.0. The second kappa shape index (κ2) is 10.9. The molecule has 3 aromatic carbocycles. The molecule has 7 heteroatoms. The number of methoxy groups -OCH3 is 1. The van der Waals surface area contributed by atoms with E-state index in [4.69, 9.17) is 26.7 Å². The van der Waals surface area contributed by atoms with Crippen molar-refractivity contribution in [1.29, 1.82) is 0 Å². The van der Waals surface area contributed by atoms with E-state index in [1.165, 1.54) is 0 Å². The van der Waals surface area contributed by atoms with E-state index in [0.717, 1.165) is 51.3 Å². The fourth-order valence-electron chi connectivity index (χ4n) is 5.28. The smallest absolute Gasteiger partial charge is 0.174 e. The van der Waals surface area contributed by atoms with Crippen LogP contribution in [-0.2, 0) is 0 Å². The molecule has 0 aliphatic carbocycles. The Kier molecular flexibility index (Phi) is 6.97. The summed E-state index contributed by atoms with van der Waals surface area (Å²) in [5, 5.41) is 4.21. The zero-order valence-corrected chi connectivity index (χ0v) is 23.4. The van der Waals surface area contributed by atoms with Gasteiger partial charge in [-0.1, -0.05) is 24.3 Å². The number of nitrogens with one attached hydrogen (secondary N) is 1. The second-order valence-corrected chi connectivity index (χ2v) is 10.2. The van der Waals surface area contributed by atoms with Crippen LogP contribution in [0.4, 0.5) is 5.69 Å². The third-order valence-electron chi connectivity index (χ3n) is 7.27. The Hall–Kier alpha value is -4.62. The first kappa shape index (κ1) is 25.6. The van der Waals surface area contributed by atoms with Gasteiger partial charge in [0.05, 0.1) is 18.8 Å². The molecule has 6 rings (SSSR count). The maximum Gasteiger partial charge on any atom is 0.174 e. The van der Waals surface area contributed by atoms with Crippen molar-refractivity contribution in [2.24, 2.45) is 0 Å². The van der Waals surface area contributed by atoms with Gasteiger partial charge in [-0.3, -0.25) is 4.98 Å². The third kappa shape index (κ3) is 4.80. The molecular weight excluding hydrogens is 516 g/mol. The van der Waals surface area contributed by atoms with E-state index in [1.807, 2.05) is 79.9 Å². The molecule has 3 heterocycles. The minimum Gasteiger partial charge on any atom is -0.497 e. The Balaban J connectivity index is 1.41. The summed E-state index contributed by atoms with van der Waals surface area (Å²) in [7, 11) is 1.68. The molecule has 0 amide bonds. The summed E-state index contributed by atoms with van der Waals surface area (Å²) in [6.45, 7) is 4.16. The Bertz CT molecular complexity index is 1630. The monoisotopic (exact) mass is 546 g/mol. The van der Waals surface area contributed by atoms with Crippen molar-refractivity contribution in [2.75, 3.05) is 12.0 Å². The summed E-state index contributed by atoms with van der Waals surface area (Å²) in [4.78, 5) is 6.89. The molecule has 0 radical (unpaired) electrons. The fourth-order valence-corrected chi connectivity index (χ4v) is 5.63. The number of hydrogen-bond donors (Lipinski definition) is 1. The number of benzene rings is 3. The van der Waals surface area contributed by atoms with Gasteiger partial charge in [0.25, 0.3) is 0 Å². The molecule has 1 saturated heterocycles. The van der Waals surface area contributed by atoms with Crippen molar-refractivity contribution in [2.45, 2.75) is 25.9 Å². The summed E-state index contributed by atoms with van der Waals surface area (Å²) >= 11 is 5.96. The number of thiocarbonyl (C=S) groups is 1. The summed E-state index contributed by atoms with van der Waals surface area (Å²) in [6.07, 6.45) is 1.82. The number of nitrogens with zero attached hydrogens (tertiary/aromatic N) is 3. The molecule has 2 aromatic heterocycles. The molecule has 1 aliphatic rings.